The first-order valence-electron chi connectivity index (χ1n) is 9.38. The van der Waals surface area contributed by atoms with Gasteiger partial charge in [0.1, 0.15) is 5.54 Å². The molecule has 2 amide bonds. The van der Waals surface area contributed by atoms with Crippen molar-refractivity contribution in [1.29, 1.82) is 0 Å². The summed E-state index contributed by atoms with van der Waals surface area (Å²) in [5, 5.41) is 0.229. The van der Waals surface area contributed by atoms with Crippen LogP contribution in [0.15, 0.2) is 24.3 Å². The van der Waals surface area contributed by atoms with E-state index < -0.39 is 11.6 Å². The molecule has 1 aromatic rings. The summed E-state index contributed by atoms with van der Waals surface area (Å²) in [5.74, 6) is 0.185. The average molecular weight is 375 g/mol. The Morgan fingerprint density at radius 1 is 1.19 bits per heavy atom. The number of thiocarbonyl (C=S) groups is 1. The standard InChI is InChI=1S/C20H26N2O3S/c1-4-25-19(24)21-17(23)20(12-6-5-7-13-20)22(18(21)26)16-10-8-15(9-11-16)14(2)3/h8-11,14H,4-7,12-13H2,1-3H3. The lowest BCUT2D eigenvalue weighted by Crippen LogP contribution is -2.51. The van der Waals surface area contributed by atoms with Crippen molar-refractivity contribution in [2.24, 2.45) is 0 Å². The predicted octanol–water partition coefficient (Wildman–Crippen LogP) is 4.60. The number of carbonyl (C=O) groups excluding carboxylic acids is 2. The Morgan fingerprint density at radius 2 is 1.81 bits per heavy atom. The molecule has 0 aromatic heterocycles. The summed E-state index contributed by atoms with van der Waals surface area (Å²) in [6.45, 7) is 6.22. The van der Waals surface area contributed by atoms with Crippen LogP contribution in [-0.4, -0.2) is 34.2 Å². The lowest BCUT2D eigenvalue weighted by molar-refractivity contribution is -0.130. The Kier molecular flexibility index (Phi) is 5.32. The SMILES string of the molecule is CCOC(=O)N1C(=O)C2(CCCCC2)N(c2ccc(C(C)C)cc2)C1=S. The molecule has 1 aliphatic heterocycles. The van der Waals surface area contributed by atoms with Crippen LogP contribution < -0.4 is 4.90 Å². The highest BCUT2D eigenvalue weighted by Crippen LogP contribution is 2.43. The molecule has 0 N–H and O–H groups in total. The number of hydrogen-bond donors (Lipinski definition) is 0. The van der Waals surface area contributed by atoms with Crippen LogP contribution in [0.2, 0.25) is 0 Å². The van der Waals surface area contributed by atoms with Gasteiger partial charge in [0.15, 0.2) is 5.11 Å². The van der Waals surface area contributed by atoms with E-state index in [0.29, 0.717) is 18.8 Å². The van der Waals surface area contributed by atoms with Crippen LogP contribution in [0.5, 0.6) is 0 Å². The molecule has 1 spiro atoms. The highest BCUT2D eigenvalue weighted by atomic mass is 32.1. The fourth-order valence-electron chi connectivity index (χ4n) is 3.96. The van der Waals surface area contributed by atoms with E-state index in [4.69, 9.17) is 17.0 Å². The number of anilines is 1. The van der Waals surface area contributed by atoms with Crippen molar-refractivity contribution in [2.45, 2.75) is 64.3 Å². The van der Waals surface area contributed by atoms with Crippen LogP contribution in [0.1, 0.15) is 64.4 Å². The molecule has 26 heavy (non-hydrogen) atoms. The maximum absolute atomic E-state index is 13.3. The quantitative estimate of drug-likeness (QED) is 0.724. The third-order valence-corrected chi connectivity index (χ3v) is 5.73. The van der Waals surface area contributed by atoms with Gasteiger partial charge >= 0.3 is 6.09 Å². The van der Waals surface area contributed by atoms with Gasteiger partial charge in [-0.1, -0.05) is 45.2 Å². The van der Waals surface area contributed by atoms with Crippen molar-refractivity contribution >= 4 is 35.0 Å². The first-order chi connectivity index (χ1) is 12.4. The van der Waals surface area contributed by atoms with Crippen molar-refractivity contribution in [1.82, 2.24) is 4.90 Å². The molecule has 1 saturated heterocycles. The number of nitrogens with zero attached hydrogens (tertiary/aromatic N) is 2. The minimum Gasteiger partial charge on any atom is -0.449 e. The van der Waals surface area contributed by atoms with Gasteiger partial charge in [-0.15, -0.1) is 0 Å². The number of amides is 2. The number of carbonyl (C=O) groups is 2. The molecule has 0 unspecified atom stereocenters. The number of imide groups is 1. The van der Waals surface area contributed by atoms with Crippen molar-refractivity contribution in [2.75, 3.05) is 11.5 Å². The minimum absolute atomic E-state index is 0.210. The van der Waals surface area contributed by atoms with E-state index in [-0.39, 0.29) is 17.6 Å². The Balaban J connectivity index is 2.03. The topological polar surface area (TPSA) is 49.9 Å². The molecule has 6 heteroatoms. The third kappa shape index (κ3) is 3.00. The van der Waals surface area contributed by atoms with Crippen molar-refractivity contribution in [3.05, 3.63) is 29.8 Å². The van der Waals surface area contributed by atoms with Crippen LogP contribution in [0.3, 0.4) is 0 Å². The van der Waals surface area contributed by atoms with E-state index in [1.165, 1.54) is 5.56 Å². The van der Waals surface area contributed by atoms with E-state index >= 15 is 0 Å². The van der Waals surface area contributed by atoms with Gasteiger partial charge < -0.3 is 9.64 Å². The minimum atomic E-state index is -0.762. The second-order valence-electron chi connectivity index (χ2n) is 7.30. The van der Waals surface area contributed by atoms with Crippen LogP contribution in [-0.2, 0) is 9.53 Å². The summed E-state index contributed by atoms with van der Waals surface area (Å²) in [7, 11) is 0. The van der Waals surface area contributed by atoms with Gasteiger partial charge in [-0.2, -0.15) is 4.90 Å². The summed E-state index contributed by atoms with van der Waals surface area (Å²) >= 11 is 5.58. The summed E-state index contributed by atoms with van der Waals surface area (Å²) < 4.78 is 5.09. The van der Waals surface area contributed by atoms with Crippen LogP contribution in [0.4, 0.5) is 10.5 Å². The van der Waals surface area contributed by atoms with E-state index in [1.807, 2.05) is 17.0 Å². The Hall–Kier alpha value is -1.95. The zero-order chi connectivity index (χ0) is 18.9. The van der Waals surface area contributed by atoms with E-state index in [1.54, 1.807) is 6.92 Å². The molecule has 140 valence electrons. The molecule has 3 rings (SSSR count). The van der Waals surface area contributed by atoms with Crippen LogP contribution in [0, 0.1) is 0 Å². The Morgan fingerprint density at radius 3 is 2.35 bits per heavy atom. The molecule has 1 aromatic carbocycles. The molecule has 1 heterocycles. The molecule has 2 fully saturated rings. The number of ether oxygens (including phenoxy) is 1. The number of hydrogen-bond acceptors (Lipinski definition) is 4. The molecule has 1 saturated carbocycles. The maximum atomic E-state index is 13.3. The lowest BCUT2D eigenvalue weighted by Gasteiger charge is -2.39. The van der Waals surface area contributed by atoms with Crippen molar-refractivity contribution in [3.63, 3.8) is 0 Å². The molecular formula is C20H26N2O3S. The van der Waals surface area contributed by atoms with Gasteiger partial charge in [0.05, 0.1) is 6.61 Å². The summed E-state index contributed by atoms with van der Waals surface area (Å²) in [4.78, 5) is 28.6. The van der Waals surface area contributed by atoms with Gasteiger partial charge in [-0.25, -0.2) is 4.79 Å². The highest BCUT2D eigenvalue weighted by Gasteiger charge is 2.58. The van der Waals surface area contributed by atoms with Gasteiger partial charge in [-0.05, 0) is 55.6 Å². The lowest BCUT2D eigenvalue weighted by atomic mass is 9.80. The summed E-state index contributed by atoms with van der Waals surface area (Å²) in [6.07, 6.45) is 3.73. The molecule has 0 bridgehead atoms. The van der Waals surface area contributed by atoms with Crippen LogP contribution >= 0.6 is 12.2 Å². The molecule has 5 nitrogen and oxygen atoms in total. The maximum Gasteiger partial charge on any atom is 0.423 e. The number of benzene rings is 1. The van der Waals surface area contributed by atoms with Crippen molar-refractivity contribution in [3.8, 4) is 0 Å². The summed E-state index contributed by atoms with van der Waals surface area (Å²) in [6, 6.07) is 8.13. The molecule has 1 aliphatic carbocycles. The Labute approximate surface area is 160 Å². The molecule has 0 radical (unpaired) electrons. The summed E-state index contributed by atoms with van der Waals surface area (Å²) in [5.41, 5.74) is 1.33. The van der Waals surface area contributed by atoms with Gasteiger partial charge in [-0.3, -0.25) is 4.79 Å². The molecule has 2 aliphatic rings. The first-order valence-corrected chi connectivity index (χ1v) is 9.78. The number of rotatable bonds is 3. The predicted molar refractivity (Wildman–Crippen MR) is 105 cm³/mol. The third-order valence-electron chi connectivity index (χ3n) is 5.36. The fraction of sp³-hybridized carbons (Fsp3) is 0.550. The van der Waals surface area contributed by atoms with Gasteiger partial charge in [0.25, 0.3) is 5.91 Å². The van der Waals surface area contributed by atoms with Gasteiger partial charge in [0, 0.05) is 5.69 Å². The molecular weight excluding hydrogens is 348 g/mol. The zero-order valence-corrected chi connectivity index (χ0v) is 16.5. The first kappa shape index (κ1) is 18.8. The largest absolute Gasteiger partial charge is 0.449 e. The highest BCUT2D eigenvalue weighted by molar-refractivity contribution is 7.80. The van der Waals surface area contributed by atoms with Gasteiger partial charge in [0.2, 0.25) is 0 Å². The second-order valence-corrected chi connectivity index (χ2v) is 7.66. The smallest absolute Gasteiger partial charge is 0.423 e. The fourth-order valence-corrected chi connectivity index (χ4v) is 4.40. The molecule has 0 atom stereocenters. The second kappa shape index (κ2) is 7.35. The normalized spacial score (nSPS) is 19.5. The average Bonchev–Trinajstić information content (AvgIpc) is 2.83. The monoisotopic (exact) mass is 374 g/mol. The van der Waals surface area contributed by atoms with E-state index in [9.17, 15) is 9.59 Å². The zero-order valence-electron chi connectivity index (χ0n) is 15.7. The van der Waals surface area contributed by atoms with E-state index in [2.05, 4.69) is 26.0 Å². The van der Waals surface area contributed by atoms with E-state index in [0.717, 1.165) is 29.8 Å². The Bertz CT molecular complexity index is 708. The van der Waals surface area contributed by atoms with Crippen LogP contribution in [0.25, 0.3) is 0 Å². The van der Waals surface area contributed by atoms with Crippen molar-refractivity contribution < 1.29 is 14.3 Å².